The lowest BCUT2D eigenvalue weighted by atomic mass is 10.1. The molecule has 2 amide bonds. The Balaban J connectivity index is 2.77. The van der Waals surface area contributed by atoms with Gasteiger partial charge in [0.05, 0.1) is 16.9 Å². The SMILES string of the molecule is Cc1ccc(NC(=O)NOC(C)(C)C)c(C(=O)O)c1. The van der Waals surface area contributed by atoms with E-state index < -0.39 is 17.6 Å². The molecule has 1 aromatic carbocycles. The lowest BCUT2D eigenvalue weighted by Crippen LogP contribution is -2.36. The van der Waals surface area contributed by atoms with Crippen LogP contribution < -0.4 is 10.8 Å². The van der Waals surface area contributed by atoms with E-state index in [1.807, 2.05) is 0 Å². The summed E-state index contributed by atoms with van der Waals surface area (Å²) in [5.41, 5.74) is 2.73. The third-order valence-electron chi connectivity index (χ3n) is 2.10. The number of carbonyl (C=O) groups excluding carboxylic acids is 1. The first-order valence-electron chi connectivity index (χ1n) is 5.78. The zero-order valence-corrected chi connectivity index (χ0v) is 11.4. The molecule has 0 heterocycles. The van der Waals surface area contributed by atoms with Gasteiger partial charge in [0.25, 0.3) is 0 Å². The standard InChI is InChI=1S/C13H18N2O4/c1-8-5-6-10(9(7-8)11(16)17)14-12(18)15-19-13(2,3)4/h5-7H,1-4H3,(H,16,17)(H2,14,15,18). The fraction of sp³-hybridized carbons (Fsp3) is 0.385. The average Bonchev–Trinajstić information content (AvgIpc) is 2.28. The molecule has 0 aliphatic rings. The van der Waals surface area contributed by atoms with E-state index in [9.17, 15) is 9.59 Å². The van der Waals surface area contributed by atoms with Crippen molar-refractivity contribution in [2.45, 2.75) is 33.3 Å². The Morgan fingerprint density at radius 1 is 1.26 bits per heavy atom. The van der Waals surface area contributed by atoms with Gasteiger partial charge in [0.15, 0.2) is 0 Å². The van der Waals surface area contributed by atoms with Gasteiger partial charge in [-0.2, -0.15) is 0 Å². The number of hydrogen-bond donors (Lipinski definition) is 3. The molecule has 0 aliphatic carbocycles. The molecule has 19 heavy (non-hydrogen) atoms. The number of hydroxylamine groups is 1. The van der Waals surface area contributed by atoms with Crippen LogP contribution in [0.15, 0.2) is 18.2 Å². The number of nitrogens with one attached hydrogen (secondary N) is 2. The fourth-order valence-electron chi connectivity index (χ4n) is 1.29. The number of amides is 2. The van der Waals surface area contributed by atoms with E-state index in [1.54, 1.807) is 33.8 Å². The summed E-state index contributed by atoms with van der Waals surface area (Å²) in [7, 11) is 0. The number of hydrogen-bond acceptors (Lipinski definition) is 3. The van der Waals surface area contributed by atoms with Crippen molar-refractivity contribution in [1.29, 1.82) is 0 Å². The maximum absolute atomic E-state index is 11.6. The molecule has 3 N–H and O–H groups in total. The minimum atomic E-state index is -1.10. The molecule has 0 spiro atoms. The van der Waals surface area contributed by atoms with Crippen molar-refractivity contribution in [3.63, 3.8) is 0 Å². The Bertz CT molecular complexity index is 492. The summed E-state index contributed by atoms with van der Waals surface area (Å²) in [6.45, 7) is 7.12. The highest BCUT2D eigenvalue weighted by atomic mass is 16.7. The third-order valence-corrected chi connectivity index (χ3v) is 2.10. The molecule has 0 aliphatic heterocycles. The molecular weight excluding hydrogens is 248 g/mol. The molecule has 0 bridgehead atoms. The van der Waals surface area contributed by atoms with Gasteiger partial charge in [-0.1, -0.05) is 11.6 Å². The molecular formula is C13H18N2O4. The maximum Gasteiger partial charge on any atom is 0.343 e. The molecule has 1 rings (SSSR count). The number of anilines is 1. The van der Waals surface area contributed by atoms with E-state index in [0.29, 0.717) is 0 Å². The second-order valence-electron chi connectivity index (χ2n) is 5.12. The Kier molecular flexibility index (Phi) is 4.50. The van der Waals surface area contributed by atoms with Crippen LogP contribution in [0.3, 0.4) is 0 Å². The second kappa shape index (κ2) is 5.71. The Hall–Kier alpha value is -2.08. The average molecular weight is 266 g/mol. The molecule has 6 nitrogen and oxygen atoms in total. The molecule has 0 aromatic heterocycles. The number of carbonyl (C=O) groups is 2. The predicted molar refractivity (Wildman–Crippen MR) is 71.1 cm³/mol. The van der Waals surface area contributed by atoms with Crippen molar-refractivity contribution in [3.05, 3.63) is 29.3 Å². The quantitative estimate of drug-likeness (QED) is 0.734. The number of rotatable bonds is 3. The molecule has 6 heteroatoms. The van der Waals surface area contributed by atoms with Gasteiger partial charge in [-0.25, -0.2) is 15.1 Å². The van der Waals surface area contributed by atoms with Crippen LogP contribution in [-0.2, 0) is 4.84 Å². The summed E-state index contributed by atoms with van der Waals surface area (Å²) in [6, 6.07) is 4.12. The van der Waals surface area contributed by atoms with Crippen LogP contribution in [0, 0.1) is 6.92 Å². The third kappa shape index (κ3) is 4.97. The first-order chi connectivity index (χ1) is 8.69. The zero-order valence-electron chi connectivity index (χ0n) is 11.4. The summed E-state index contributed by atoms with van der Waals surface area (Å²) in [5, 5.41) is 11.5. The van der Waals surface area contributed by atoms with Gasteiger partial charge < -0.3 is 10.4 Å². The van der Waals surface area contributed by atoms with Gasteiger partial charge >= 0.3 is 12.0 Å². The van der Waals surface area contributed by atoms with Crippen LogP contribution in [0.25, 0.3) is 0 Å². The number of aromatic carboxylic acids is 1. The highest BCUT2D eigenvalue weighted by molar-refractivity contribution is 5.99. The van der Waals surface area contributed by atoms with E-state index in [2.05, 4.69) is 10.8 Å². The summed E-state index contributed by atoms with van der Waals surface area (Å²) in [6.07, 6.45) is 0. The van der Waals surface area contributed by atoms with Gasteiger partial charge in [0, 0.05) is 0 Å². The van der Waals surface area contributed by atoms with E-state index in [0.717, 1.165) is 5.56 Å². The first kappa shape index (κ1) is 15.0. The normalized spacial score (nSPS) is 10.9. The Morgan fingerprint density at radius 3 is 2.42 bits per heavy atom. The smallest absolute Gasteiger partial charge is 0.343 e. The number of urea groups is 1. The number of benzene rings is 1. The van der Waals surface area contributed by atoms with Crippen molar-refractivity contribution in [2.75, 3.05) is 5.32 Å². The zero-order chi connectivity index (χ0) is 14.6. The second-order valence-corrected chi connectivity index (χ2v) is 5.12. The summed E-state index contributed by atoms with van der Waals surface area (Å²) >= 11 is 0. The van der Waals surface area contributed by atoms with Gasteiger partial charge in [0.2, 0.25) is 0 Å². The first-order valence-corrected chi connectivity index (χ1v) is 5.78. The molecule has 0 saturated carbocycles. The van der Waals surface area contributed by atoms with Gasteiger partial charge in [-0.15, -0.1) is 0 Å². The predicted octanol–water partition coefficient (Wildman–Crippen LogP) is 2.54. The van der Waals surface area contributed by atoms with E-state index in [-0.39, 0.29) is 11.3 Å². The van der Waals surface area contributed by atoms with Crippen LogP contribution in [0.2, 0.25) is 0 Å². The van der Waals surface area contributed by atoms with Crippen LogP contribution in [-0.4, -0.2) is 22.7 Å². The summed E-state index contributed by atoms with van der Waals surface area (Å²) < 4.78 is 0. The highest BCUT2D eigenvalue weighted by Crippen LogP contribution is 2.17. The molecule has 0 atom stereocenters. The lowest BCUT2D eigenvalue weighted by Gasteiger charge is -2.19. The van der Waals surface area contributed by atoms with Crippen molar-refractivity contribution >= 4 is 17.7 Å². The Labute approximate surface area is 111 Å². The van der Waals surface area contributed by atoms with Crippen molar-refractivity contribution in [2.24, 2.45) is 0 Å². The molecule has 1 aromatic rings. The van der Waals surface area contributed by atoms with Gasteiger partial charge in [-0.3, -0.25) is 4.84 Å². The van der Waals surface area contributed by atoms with Crippen LogP contribution in [0.5, 0.6) is 0 Å². The van der Waals surface area contributed by atoms with E-state index in [4.69, 9.17) is 9.94 Å². The minimum Gasteiger partial charge on any atom is -0.478 e. The maximum atomic E-state index is 11.6. The van der Waals surface area contributed by atoms with E-state index in [1.165, 1.54) is 12.1 Å². The molecule has 0 unspecified atom stereocenters. The van der Waals surface area contributed by atoms with Gasteiger partial charge in [-0.05, 0) is 39.8 Å². The molecule has 104 valence electrons. The van der Waals surface area contributed by atoms with Crippen molar-refractivity contribution < 1.29 is 19.5 Å². The topological polar surface area (TPSA) is 87.7 Å². The number of carboxylic acids is 1. The fourth-order valence-corrected chi connectivity index (χ4v) is 1.29. The largest absolute Gasteiger partial charge is 0.478 e. The minimum absolute atomic E-state index is 0.0332. The lowest BCUT2D eigenvalue weighted by molar-refractivity contribution is -0.0505. The van der Waals surface area contributed by atoms with Crippen LogP contribution >= 0.6 is 0 Å². The van der Waals surface area contributed by atoms with Crippen LogP contribution in [0.1, 0.15) is 36.7 Å². The van der Waals surface area contributed by atoms with Crippen LogP contribution in [0.4, 0.5) is 10.5 Å². The van der Waals surface area contributed by atoms with Gasteiger partial charge in [0.1, 0.15) is 0 Å². The Morgan fingerprint density at radius 2 is 1.89 bits per heavy atom. The molecule has 0 fully saturated rings. The molecule has 0 saturated heterocycles. The number of carboxylic acid groups (broad SMARTS) is 1. The van der Waals surface area contributed by atoms with E-state index >= 15 is 0 Å². The molecule has 0 radical (unpaired) electrons. The number of aryl methyl sites for hydroxylation is 1. The summed E-state index contributed by atoms with van der Waals surface area (Å²) in [5.74, 6) is -1.10. The summed E-state index contributed by atoms with van der Waals surface area (Å²) in [4.78, 5) is 27.7. The van der Waals surface area contributed by atoms with Crippen molar-refractivity contribution in [1.82, 2.24) is 5.48 Å². The monoisotopic (exact) mass is 266 g/mol. The highest BCUT2D eigenvalue weighted by Gasteiger charge is 2.15. The van der Waals surface area contributed by atoms with Crippen molar-refractivity contribution in [3.8, 4) is 0 Å².